The minimum absolute atomic E-state index is 0.689. The first-order valence-electron chi connectivity index (χ1n) is 4.95. The normalized spacial score (nSPS) is 15.1. The fourth-order valence-corrected chi connectivity index (χ4v) is 1.61. The first-order chi connectivity index (χ1) is 7.29. The molecule has 2 nitrogen and oxygen atoms in total. The van der Waals surface area contributed by atoms with Crippen molar-refractivity contribution in [2.45, 2.75) is 12.8 Å². The molecule has 1 aromatic carbocycles. The zero-order chi connectivity index (χ0) is 10.7. The van der Waals surface area contributed by atoms with Crippen molar-refractivity contribution in [3.05, 3.63) is 53.7 Å². The summed E-state index contributed by atoms with van der Waals surface area (Å²) in [7, 11) is 0. The van der Waals surface area contributed by atoms with Crippen molar-refractivity contribution in [1.82, 2.24) is 5.32 Å². The topological polar surface area (TPSA) is 35.8 Å². The molecule has 0 bridgehead atoms. The second-order valence-corrected chi connectivity index (χ2v) is 3.57. The number of nitrogens with zero attached hydrogens (tertiary/aromatic N) is 1. The molecular formula is C13H12N2. The SMILES string of the molecule is C=C1CCC=C(c2ccc(C#N)cc2)N1. The van der Waals surface area contributed by atoms with Crippen LogP contribution in [0.1, 0.15) is 24.0 Å². The Morgan fingerprint density at radius 3 is 2.60 bits per heavy atom. The molecule has 0 atom stereocenters. The van der Waals surface area contributed by atoms with Gasteiger partial charge in [-0.05, 0) is 30.5 Å². The van der Waals surface area contributed by atoms with Crippen LogP contribution in [0.3, 0.4) is 0 Å². The third kappa shape index (κ3) is 2.08. The van der Waals surface area contributed by atoms with Crippen LogP contribution in [-0.4, -0.2) is 0 Å². The average Bonchev–Trinajstić information content (AvgIpc) is 2.29. The Hall–Kier alpha value is -2.01. The van der Waals surface area contributed by atoms with E-state index in [1.54, 1.807) is 0 Å². The molecule has 1 aromatic rings. The highest BCUT2D eigenvalue weighted by atomic mass is 14.9. The summed E-state index contributed by atoms with van der Waals surface area (Å²) in [4.78, 5) is 0. The maximum Gasteiger partial charge on any atom is 0.0991 e. The molecule has 1 aliphatic rings. The van der Waals surface area contributed by atoms with Crippen molar-refractivity contribution in [2.24, 2.45) is 0 Å². The maximum absolute atomic E-state index is 8.69. The molecule has 2 rings (SSSR count). The smallest absolute Gasteiger partial charge is 0.0991 e. The summed E-state index contributed by atoms with van der Waals surface area (Å²) >= 11 is 0. The van der Waals surface area contributed by atoms with Gasteiger partial charge in [0.15, 0.2) is 0 Å². The molecule has 0 saturated carbocycles. The van der Waals surface area contributed by atoms with Gasteiger partial charge >= 0.3 is 0 Å². The second kappa shape index (κ2) is 4.02. The number of rotatable bonds is 1. The Morgan fingerprint density at radius 1 is 1.27 bits per heavy atom. The lowest BCUT2D eigenvalue weighted by Gasteiger charge is -2.18. The van der Waals surface area contributed by atoms with E-state index < -0.39 is 0 Å². The van der Waals surface area contributed by atoms with Gasteiger partial charge < -0.3 is 5.32 Å². The Morgan fingerprint density at radius 2 is 2.00 bits per heavy atom. The van der Waals surface area contributed by atoms with Crippen molar-refractivity contribution in [3.8, 4) is 6.07 Å². The standard InChI is InChI=1S/C13H12N2/c1-10-3-2-4-13(15-10)12-7-5-11(9-14)6-8-12/h4-8,15H,1-3H2. The molecule has 0 spiro atoms. The Labute approximate surface area is 89.5 Å². The molecule has 15 heavy (non-hydrogen) atoms. The molecule has 0 amide bonds. The quantitative estimate of drug-likeness (QED) is 0.749. The van der Waals surface area contributed by atoms with Gasteiger partial charge in [-0.2, -0.15) is 5.26 Å². The Kier molecular flexibility index (Phi) is 2.55. The molecule has 1 heterocycles. The monoisotopic (exact) mass is 196 g/mol. The average molecular weight is 196 g/mol. The summed E-state index contributed by atoms with van der Waals surface area (Å²) < 4.78 is 0. The van der Waals surface area contributed by atoms with E-state index in [1.165, 1.54) is 0 Å². The predicted molar refractivity (Wildman–Crippen MR) is 60.6 cm³/mol. The third-order valence-corrected chi connectivity index (χ3v) is 2.43. The Bertz CT molecular complexity index is 446. The van der Waals surface area contributed by atoms with Gasteiger partial charge in [0.25, 0.3) is 0 Å². The first-order valence-corrected chi connectivity index (χ1v) is 4.95. The lowest BCUT2D eigenvalue weighted by atomic mass is 10.0. The van der Waals surface area contributed by atoms with Crippen LogP contribution in [0.4, 0.5) is 0 Å². The van der Waals surface area contributed by atoms with E-state index in [4.69, 9.17) is 5.26 Å². The molecular weight excluding hydrogens is 184 g/mol. The fourth-order valence-electron chi connectivity index (χ4n) is 1.61. The van der Waals surface area contributed by atoms with Crippen molar-refractivity contribution in [3.63, 3.8) is 0 Å². The third-order valence-electron chi connectivity index (χ3n) is 2.43. The van der Waals surface area contributed by atoms with Crippen molar-refractivity contribution in [1.29, 1.82) is 5.26 Å². The van der Waals surface area contributed by atoms with Crippen LogP contribution in [0.2, 0.25) is 0 Å². The Balaban J connectivity index is 2.26. The highest BCUT2D eigenvalue weighted by molar-refractivity contribution is 5.66. The predicted octanol–water partition coefficient (Wildman–Crippen LogP) is 2.80. The molecule has 0 aromatic heterocycles. The molecule has 0 fully saturated rings. The molecule has 74 valence electrons. The van der Waals surface area contributed by atoms with Gasteiger partial charge in [0, 0.05) is 11.4 Å². The summed E-state index contributed by atoms with van der Waals surface area (Å²) in [5.74, 6) is 0. The summed E-state index contributed by atoms with van der Waals surface area (Å²) in [6, 6.07) is 9.67. The van der Waals surface area contributed by atoms with Gasteiger partial charge in [0.1, 0.15) is 0 Å². The van der Waals surface area contributed by atoms with Crippen molar-refractivity contribution >= 4 is 5.70 Å². The zero-order valence-electron chi connectivity index (χ0n) is 8.46. The molecule has 0 aliphatic carbocycles. The second-order valence-electron chi connectivity index (χ2n) is 3.57. The number of nitriles is 1. The van der Waals surface area contributed by atoms with E-state index in [0.717, 1.165) is 29.8 Å². The molecule has 0 radical (unpaired) electrons. The van der Waals surface area contributed by atoms with Crippen LogP contribution in [0.5, 0.6) is 0 Å². The van der Waals surface area contributed by atoms with E-state index in [-0.39, 0.29) is 0 Å². The zero-order valence-corrected chi connectivity index (χ0v) is 8.46. The number of hydrogen-bond donors (Lipinski definition) is 1. The molecule has 0 saturated heterocycles. The van der Waals surface area contributed by atoms with E-state index in [1.807, 2.05) is 24.3 Å². The summed E-state index contributed by atoms with van der Waals surface area (Å²) in [5.41, 5.74) is 3.94. The first kappa shape index (κ1) is 9.54. The highest BCUT2D eigenvalue weighted by Crippen LogP contribution is 2.20. The highest BCUT2D eigenvalue weighted by Gasteiger charge is 2.07. The lowest BCUT2D eigenvalue weighted by molar-refractivity contribution is 0.860. The molecule has 1 N–H and O–H groups in total. The number of hydrogen-bond acceptors (Lipinski definition) is 2. The van der Waals surface area contributed by atoms with E-state index >= 15 is 0 Å². The number of allylic oxidation sites excluding steroid dienone is 2. The molecule has 0 unspecified atom stereocenters. The van der Waals surface area contributed by atoms with Gasteiger partial charge in [0.05, 0.1) is 11.6 Å². The van der Waals surface area contributed by atoms with Crippen LogP contribution in [0.25, 0.3) is 5.70 Å². The molecule has 2 heteroatoms. The molecule has 1 aliphatic heterocycles. The van der Waals surface area contributed by atoms with Gasteiger partial charge in [-0.15, -0.1) is 0 Å². The van der Waals surface area contributed by atoms with Gasteiger partial charge in [0.2, 0.25) is 0 Å². The van der Waals surface area contributed by atoms with Crippen molar-refractivity contribution in [2.75, 3.05) is 0 Å². The van der Waals surface area contributed by atoms with Crippen LogP contribution < -0.4 is 5.32 Å². The van der Waals surface area contributed by atoms with Gasteiger partial charge in [-0.1, -0.05) is 24.8 Å². The fraction of sp³-hybridized carbons (Fsp3) is 0.154. The largest absolute Gasteiger partial charge is 0.359 e. The summed E-state index contributed by atoms with van der Waals surface area (Å²) in [5, 5.41) is 11.9. The minimum Gasteiger partial charge on any atom is -0.359 e. The van der Waals surface area contributed by atoms with Crippen molar-refractivity contribution < 1.29 is 0 Å². The van der Waals surface area contributed by atoms with Crippen LogP contribution in [0.15, 0.2) is 42.6 Å². The van der Waals surface area contributed by atoms with E-state index in [9.17, 15) is 0 Å². The number of benzene rings is 1. The van der Waals surface area contributed by atoms with Gasteiger partial charge in [-0.25, -0.2) is 0 Å². The summed E-state index contributed by atoms with van der Waals surface area (Å²) in [6.45, 7) is 3.92. The van der Waals surface area contributed by atoms with Gasteiger partial charge in [-0.3, -0.25) is 0 Å². The van der Waals surface area contributed by atoms with E-state index in [0.29, 0.717) is 5.56 Å². The van der Waals surface area contributed by atoms with Crippen LogP contribution >= 0.6 is 0 Å². The van der Waals surface area contributed by atoms with Crippen LogP contribution in [0, 0.1) is 11.3 Å². The lowest BCUT2D eigenvalue weighted by Crippen LogP contribution is -2.14. The summed E-state index contributed by atoms with van der Waals surface area (Å²) in [6.07, 6.45) is 4.19. The maximum atomic E-state index is 8.69. The van der Waals surface area contributed by atoms with Crippen LogP contribution in [-0.2, 0) is 0 Å². The number of nitrogens with one attached hydrogen (secondary N) is 1. The van der Waals surface area contributed by atoms with E-state index in [2.05, 4.69) is 24.0 Å². The minimum atomic E-state index is 0.689.